The van der Waals surface area contributed by atoms with Crippen LogP contribution in [0.5, 0.6) is 0 Å². The van der Waals surface area contributed by atoms with Gasteiger partial charge in [0.2, 0.25) is 0 Å². The number of nitrogens with two attached hydrogens (primary N) is 1. The number of alkyl halides is 3. The van der Waals surface area contributed by atoms with Gasteiger partial charge in [-0.25, -0.2) is 9.78 Å². The number of hydrogen-bond acceptors (Lipinski definition) is 8. The van der Waals surface area contributed by atoms with E-state index in [0.717, 1.165) is 39.1 Å². The van der Waals surface area contributed by atoms with Crippen LogP contribution in [0.4, 0.5) is 24.7 Å². The van der Waals surface area contributed by atoms with Crippen molar-refractivity contribution in [3.63, 3.8) is 0 Å². The van der Waals surface area contributed by atoms with Crippen molar-refractivity contribution in [3.8, 4) is 5.69 Å². The molecular weight excluding hydrogens is 517 g/mol. The van der Waals surface area contributed by atoms with Crippen molar-refractivity contribution in [1.82, 2.24) is 18.7 Å². The average Bonchev–Trinajstić information content (AvgIpc) is 3.22. The topological polar surface area (TPSA) is 148 Å². The molecule has 2 aromatic heterocycles. The van der Waals surface area contributed by atoms with Crippen LogP contribution in [0, 0.1) is 10.1 Å². The zero-order valence-electron chi connectivity index (χ0n) is 19.1. The first-order valence-corrected chi connectivity index (χ1v) is 11.4. The monoisotopic (exact) mass is 534 g/mol. The fraction of sp³-hybridized carbons (Fsp3) is 0.182. The van der Waals surface area contributed by atoms with E-state index in [0.29, 0.717) is 0 Å². The summed E-state index contributed by atoms with van der Waals surface area (Å²) in [6, 6.07) is 8.05. The first kappa shape index (κ1) is 25.7. The fourth-order valence-electron chi connectivity index (χ4n) is 3.65. The molecule has 0 aliphatic carbocycles. The highest BCUT2D eigenvalue weighted by Gasteiger charge is 2.31. The standard InChI is InChI=1S/C22H17F3N6O5S/c1-28-18(26)17(19(33)29(2)21(28)34)16(32)10-37-20-27-14-9-13(31(35)36)6-7-15(14)30(20)12-5-3-4-11(8-12)22(23,24)25/h3-9H,10,26H2,1-2H3. The molecule has 0 aliphatic heterocycles. The van der Waals surface area contributed by atoms with Crippen LogP contribution in [0.1, 0.15) is 15.9 Å². The normalized spacial score (nSPS) is 11.7. The Morgan fingerprint density at radius 1 is 1.14 bits per heavy atom. The summed E-state index contributed by atoms with van der Waals surface area (Å²) < 4.78 is 43.1. The molecule has 15 heteroatoms. The van der Waals surface area contributed by atoms with E-state index in [9.17, 15) is 37.7 Å². The Morgan fingerprint density at radius 3 is 2.49 bits per heavy atom. The van der Waals surface area contributed by atoms with E-state index < -0.39 is 45.0 Å². The summed E-state index contributed by atoms with van der Waals surface area (Å²) >= 11 is 0.792. The number of nitro benzene ring substituents is 1. The number of benzene rings is 2. The van der Waals surface area contributed by atoms with E-state index in [1.54, 1.807) is 0 Å². The van der Waals surface area contributed by atoms with Gasteiger partial charge >= 0.3 is 11.9 Å². The Balaban J connectivity index is 1.82. The molecule has 11 nitrogen and oxygen atoms in total. The zero-order valence-corrected chi connectivity index (χ0v) is 20.0. The van der Waals surface area contributed by atoms with Gasteiger partial charge in [0.05, 0.1) is 27.3 Å². The number of thioether (sulfide) groups is 1. The molecule has 4 rings (SSSR count). The molecule has 0 saturated heterocycles. The fourth-order valence-corrected chi connectivity index (χ4v) is 4.55. The third kappa shape index (κ3) is 4.60. The van der Waals surface area contributed by atoms with E-state index in [4.69, 9.17) is 5.73 Å². The van der Waals surface area contributed by atoms with Crippen molar-refractivity contribution >= 4 is 40.1 Å². The number of carbonyl (C=O) groups is 1. The first-order valence-electron chi connectivity index (χ1n) is 10.4. The lowest BCUT2D eigenvalue weighted by atomic mass is 10.2. The number of hydrogen-bond donors (Lipinski definition) is 1. The number of anilines is 1. The molecule has 192 valence electrons. The van der Waals surface area contributed by atoms with Gasteiger partial charge in [-0.2, -0.15) is 13.2 Å². The number of aromatic nitrogens is 4. The summed E-state index contributed by atoms with van der Waals surface area (Å²) in [5.74, 6) is -1.49. The van der Waals surface area contributed by atoms with Crippen molar-refractivity contribution in [1.29, 1.82) is 0 Å². The molecule has 0 spiro atoms. The molecule has 0 saturated carbocycles. The van der Waals surface area contributed by atoms with E-state index in [-0.39, 0.29) is 33.4 Å². The second-order valence-electron chi connectivity index (χ2n) is 7.89. The number of carbonyl (C=O) groups excluding carboxylic acids is 1. The maximum absolute atomic E-state index is 13.4. The van der Waals surface area contributed by atoms with E-state index in [2.05, 4.69) is 4.98 Å². The Morgan fingerprint density at radius 2 is 1.84 bits per heavy atom. The van der Waals surface area contributed by atoms with E-state index >= 15 is 0 Å². The minimum Gasteiger partial charge on any atom is -0.384 e. The van der Waals surface area contributed by atoms with Crippen molar-refractivity contribution in [3.05, 3.63) is 84.5 Å². The molecule has 0 aliphatic rings. The number of nitro groups is 1. The summed E-state index contributed by atoms with van der Waals surface area (Å²) in [7, 11) is 2.48. The Labute approximate surface area is 209 Å². The molecule has 4 aromatic rings. The molecule has 0 radical (unpaired) electrons. The summed E-state index contributed by atoms with van der Waals surface area (Å²) in [5.41, 5.74) is 3.01. The van der Waals surface area contributed by atoms with Crippen LogP contribution in [-0.2, 0) is 20.3 Å². The molecule has 0 unspecified atom stereocenters. The smallest absolute Gasteiger partial charge is 0.384 e. The van der Waals surface area contributed by atoms with Crippen molar-refractivity contribution in [2.24, 2.45) is 14.1 Å². The van der Waals surface area contributed by atoms with Gasteiger partial charge in [0.1, 0.15) is 11.4 Å². The Kier molecular flexibility index (Phi) is 6.41. The summed E-state index contributed by atoms with van der Waals surface area (Å²) in [4.78, 5) is 52.4. The quantitative estimate of drug-likeness (QED) is 0.172. The molecular formula is C22H17F3N6O5S. The Bertz CT molecular complexity index is 1710. The molecule has 2 aromatic carbocycles. The molecule has 0 atom stereocenters. The average molecular weight is 534 g/mol. The van der Waals surface area contributed by atoms with Gasteiger partial charge in [0, 0.05) is 31.9 Å². The Hall–Kier alpha value is -4.40. The molecule has 2 N–H and O–H groups in total. The molecule has 0 fully saturated rings. The van der Waals surface area contributed by atoms with Gasteiger partial charge in [-0.3, -0.25) is 33.4 Å². The number of imidazole rings is 1. The number of halogens is 3. The maximum Gasteiger partial charge on any atom is 0.416 e. The number of fused-ring (bicyclic) bond motifs is 1. The van der Waals surface area contributed by atoms with Gasteiger partial charge in [0.15, 0.2) is 10.9 Å². The largest absolute Gasteiger partial charge is 0.416 e. The number of rotatable bonds is 6. The number of nitrogens with zero attached hydrogens (tertiary/aromatic N) is 5. The van der Waals surface area contributed by atoms with Crippen LogP contribution < -0.4 is 17.0 Å². The van der Waals surface area contributed by atoms with Gasteiger partial charge in [0.25, 0.3) is 11.2 Å². The van der Waals surface area contributed by atoms with Crippen LogP contribution in [0.25, 0.3) is 16.7 Å². The zero-order chi connectivity index (χ0) is 27.2. The summed E-state index contributed by atoms with van der Waals surface area (Å²) in [6.45, 7) is 0. The first-order chi connectivity index (χ1) is 17.3. The van der Waals surface area contributed by atoms with E-state index in [1.165, 1.54) is 42.9 Å². The third-order valence-corrected chi connectivity index (χ3v) is 6.51. The van der Waals surface area contributed by atoms with Gasteiger partial charge < -0.3 is 5.73 Å². The minimum atomic E-state index is -4.63. The van der Waals surface area contributed by atoms with Crippen molar-refractivity contribution in [2.45, 2.75) is 11.3 Å². The van der Waals surface area contributed by atoms with Gasteiger partial charge in [-0.05, 0) is 24.3 Å². The number of non-ortho nitro benzene ring substituents is 1. The van der Waals surface area contributed by atoms with Crippen LogP contribution in [0.2, 0.25) is 0 Å². The number of ketones is 1. The number of Topliss-reactive ketones (excluding diaryl/α,β-unsaturated/α-hetero) is 1. The van der Waals surface area contributed by atoms with Gasteiger partial charge in [-0.15, -0.1) is 0 Å². The molecule has 0 bridgehead atoms. The molecule has 37 heavy (non-hydrogen) atoms. The predicted octanol–water partition coefficient (Wildman–Crippen LogP) is 2.91. The minimum absolute atomic E-state index is 0.0448. The van der Waals surface area contributed by atoms with Crippen LogP contribution >= 0.6 is 11.8 Å². The van der Waals surface area contributed by atoms with Crippen molar-refractivity contribution in [2.75, 3.05) is 11.5 Å². The lowest BCUT2D eigenvalue weighted by molar-refractivity contribution is -0.384. The second kappa shape index (κ2) is 9.24. The van der Waals surface area contributed by atoms with Crippen molar-refractivity contribution < 1.29 is 22.9 Å². The lowest BCUT2D eigenvalue weighted by Gasteiger charge is -2.13. The highest BCUT2D eigenvalue weighted by atomic mass is 32.2. The highest BCUT2D eigenvalue weighted by molar-refractivity contribution is 7.99. The SMILES string of the molecule is Cn1c(N)c(C(=O)CSc2nc3cc([N+](=O)[O-])ccc3n2-c2cccc(C(F)(F)F)c2)c(=O)n(C)c1=O. The van der Waals surface area contributed by atoms with Crippen LogP contribution in [0.15, 0.2) is 57.2 Å². The molecule has 2 heterocycles. The molecule has 0 amide bonds. The van der Waals surface area contributed by atoms with Crippen LogP contribution in [0.3, 0.4) is 0 Å². The number of nitrogen functional groups attached to an aromatic ring is 1. The van der Waals surface area contributed by atoms with E-state index in [1.807, 2.05) is 0 Å². The van der Waals surface area contributed by atoms with Crippen LogP contribution in [-0.4, -0.2) is 35.1 Å². The summed E-state index contributed by atoms with van der Waals surface area (Å²) in [6.07, 6.45) is -4.63. The second-order valence-corrected chi connectivity index (χ2v) is 8.83. The summed E-state index contributed by atoms with van der Waals surface area (Å²) in [5, 5.41) is 11.2. The predicted molar refractivity (Wildman–Crippen MR) is 129 cm³/mol. The highest BCUT2D eigenvalue weighted by Crippen LogP contribution is 2.34. The lowest BCUT2D eigenvalue weighted by Crippen LogP contribution is -2.41. The third-order valence-electron chi connectivity index (χ3n) is 5.57. The van der Waals surface area contributed by atoms with Gasteiger partial charge in [-0.1, -0.05) is 17.8 Å². The maximum atomic E-state index is 13.4.